The summed E-state index contributed by atoms with van der Waals surface area (Å²) in [6.07, 6.45) is 0. The SMILES string of the molecule is CCN(CC(=O)N[C@@H](C)c1ccc(OC)c(OC)c1)S(=O)(=O)c1ccc(Cl)cc1. The van der Waals surface area contributed by atoms with E-state index in [1.54, 1.807) is 26.2 Å². The first-order valence-corrected chi connectivity index (χ1v) is 10.8. The molecule has 9 heteroatoms. The highest BCUT2D eigenvalue weighted by Gasteiger charge is 2.26. The zero-order valence-electron chi connectivity index (χ0n) is 16.8. The Bertz CT molecular complexity index is 948. The van der Waals surface area contributed by atoms with Crippen molar-refractivity contribution in [3.05, 3.63) is 53.1 Å². The summed E-state index contributed by atoms with van der Waals surface area (Å²) < 4.78 is 37.2. The van der Waals surface area contributed by atoms with Gasteiger partial charge in [-0.25, -0.2) is 8.42 Å². The van der Waals surface area contributed by atoms with Crippen LogP contribution in [0.2, 0.25) is 5.02 Å². The van der Waals surface area contributed by atoms with Crippen LogP contribution >= 0.6 is 11.6 Å². The van der Waals surface area contributed by atoms with Gasteiger partial charge in [-0.15, -0.1) is 0 Å². The minimum atomic E-state index is -3.81. The normalized spacial score (nSPS) is 12.5. The van der Waals surface area contributed by atoms with Gasteiger partial charge in [-0.2, -0.15) is 4.31 Å². The van der Waals surface area contributed by atoms with Crippen molar-refractivity contribution >= 4 is 27.5 Å². The molecular weight excluding hydrogens is 416 g/mol. The maximum Gasteiger partial charge on any atom is 0.243 e. The molecule has 0 aliphatic heterocycles. The van der Waals surface area contributed by atoms with E-state index in [-0.39, 0.29) is 24.0 Å². The van der Waals surface area contributed by atoms with Crippen molar-refractivity contribution in [3.8, 4) is 11.5 Å². The lowest BCUT2D eigenvalue weighted by Gasteiger charge is -2.22. The van der Waals surface area contributed by atoms with E-state index in [9.17, 15) is 13.2 Å². The van der Waals surface area contributed by atoms with E-state index < -0.39 is 15.9 Å². The fourth-order valence-corrected chi connectivity index (χ4v) is 4.31. The highest BCUT2D eigenvalue weighted by molar-refractivity contribution is 7.89. The molecule has 29 heavy (non-hydrogen) atoms. The van der Waals surface area contributed by atoms with Crippen molar-refractivity contribution in [2.24, 2.45) is 0 Å². The van der Waals surface area contributed by atoms with Gasteiger partial charge in [-0.05, 0) is 48.9 Å². The molecule has 0 aliphatic rings. The van der Waals surface area contributed by atoms with Crippen molar-refractivity contribution in [3.63, 3.8) is 0 Å². The van der Waals surface area contributed by atoms with Gasteiger partial charge in [0.15, 0.2) is 11.5 Å². The van der Waals surface area contributed by atoms with Gasteiger partial charge in [0.05, 0.1) is 31.7 Å². The van der Waals surface area contributed by atoms with Crippen molar-refractivity contribution in [2.75, 3.05) is 27.3 Å². The molecule has 0 radical (unpaired) electrons. The topological polar surface area (TPSA) is 84.9 Å². The number of sulfonamides is 1. The van der Waals surface area contributed by atoms with Crippen molar-refractivity contribution in [1.82, 2.24) is 9.62 Å². The van der Waals surface area contributed by atoms with Crippen molar-refractivity contribution in [1.29, 1.82) is 0 Å². The molecule has 7 nitrogen and oxygen atoms in total. The minimum Gasteiger partial charge on any atom is -0.493 e. The van der Waals surface area contributed by atoms with Crippen molar-refractivity contribution in [2.45, 2.75) is 24.8 Å². The standard InChI is InChI=1S/C20H25ClN2O5S/c1-5-23(29(25,26)17-9-7-16(21)8-10-17)13-20(24)22-14(2)15-6-11-18(27-3)19(12-15)28-4/h6-12,14H,5,13H2,1-4H3,(H,22,24)/t14-/m0/s1. The minimum absolute atomic E-state index is 0.0875. The zero-order valence-corrected chi connectivity index (χ0v) is 18.4. The monoisotopic (exact) mass is 440 g/mol. The number of carbonyl (C=O) groups is 1. The van der Waals surface area contributed by atoms with Gasteiger partial charge in [0.2, 0.25) is 15.9 Å². The molecule has 1 N–H and O–H groups in total. The van der Waals surface area contributed by atoms with Crippen LogP contribution in [0.25, 0.3) is 0 Å². The number of hydrogen-bond donors (Lipinski definition) is 1. The van der Waals surface area contributed by atoms with Gasteiger partial charge >= 0.3 is 0 Å². The molecule has 0 saturated heterocycles. The Balaban J connectivity index is 2.10. The summed E-state index contributed by atoms with van der Waals surface area (Å²) >= 11 is 5.83. The van der Waals surface area contributed by atoms with E-state index >= 15 is 0 Å². The Morgan fingerprint density at radius 1 is 1.10 bits per heavy atom. The van der Waals surface area contributed by atoms with Crippen LogP contribution in [0.5, 0.6) is 11.5 Å². The Morgan fingerprint density at radius 3 is 2.28 bits per heavy atom. The van der Waals surface area contributed by atoms with Crippen LogP contribution in [0.4, 0.5) is 0 Å². The number of halogens is 1. The first-order chi connectivity index (χ1) is 13.7. The molecule has 0 aliphatic carbocycles. The van der Waals surface area contributed by atoms with Crippen LogP contribution in [-0.4, -0.2) is 45.9 Å². The number of carbonyl (C=O) groups excluding carboxylic acids is 1. The molecule has 0 fully saturated rings. The average Bonchev–Trinajstić information content (AvgIpc) is 2.71. The van der Waals surface area contributed by atoms with E-state index in [0.717, 1.165) is 9.87 Å². The second-order valence-corrected chi connectivity index (χ2v) is 8.66. The van der Waals surface area contributed by atoms with Gasteiger partial charge in [0.25, 0.3) is 0 Å². The number of nitrogens with one attached hydrogen (secondary N) is 1. The summed E-state index contributed by atoms with van der Waals surface area (Å²) in [4.78, 5) is 12.6. The number of likely N-dealkylation sites (N-methyl/N-ethyl adjacent to an activating group) is 1. The predicted octanol–water partition coefficient (Wildman–Crippen LogP) is 3.25. The second kappa shape index (κ2) is 9.96. The maximum absolute atomic E-state index is 12.8. The fourth-order valence-electron chi connectivity index (χ4n) is 2.78. The Hall–Kier alpha value is -2.29. The van der Waals surface area contributed by atoms with Gasteiger partial charge < -0.3 is 14.8 Å². The van der Waals surface area contributed by atoms with Gasteiger partial charge in [0, 0.05) is 11.6 Å². The van der Waals surface area contributed by atoms with E-state index in [4.69, 9.17) is 21.1 Å². The summed E-state index contributed by atoms with van der Waals surface area (Å²) in [5, 5.41) is 3.26. The summed E-state index contributed by atoms with van der Waals surface area (Å²) in [5.74, 6) is 0.722. The number of amides is 1. The molecular formula is C20H25ClN2O5S. The summed E-state index contributed by atoms with van der Waals surface area (Å²) in [7, 11) is -0.728. The third-order valence-electron chi connectivity index (χ3n) is 4.41. The molecule has 158 valence electrons. The second-order valence-electron chi connectivity index (χ2n) is 6.29. The van der Waals surface area contributed by atoms with Crippen LogP contribution in [0.1, 0.15) is 25.5 Å². The van der Waals surface area contributed by atoms with Crippen molar-refractivity contribution < 1.29 is 22.7 Å². The summed E-state index contributed by atoms with van der Waals surface area (Å²) in [6.45, 7) is 3.35. The van der Waals surface area contributed by atoms with Crippen LogP contribution in [-0.2, 0) is 14.8 Å². The zero-order chi connectivity index (χ0) is 21.6. The average molecular weight is 441 g/mol. The molecule has 0 aromatic heterocycles. The molecule has 2 rings (SSSR count). The molecule has 0 bridgehead atoms. The molecule has 1 atom stereocenters. The highest BCUT2D eigenvalue weighted by atomic mass is 35.5. The maximum atomic E-state index is 12.8. The number of rotatable bonds is 9. The van der Waals surface area contributed by atoms with Crippen LogP contribution < -0.4 is 14.8 Å². The van der Waals surface area contributed by atoms with Gasteiger partial charge in [-0.3, -0.25) is 4.79 Å². The predicted molar refractivity (Wildman–Crippen MR) is 112 cm³/mol. The lowest BCUT2D eigenvalue weighted by Crippen LogP contribution is -2.41. The number of ether oxygens (including phenoxy) is 2. The first kappa shape index (κ1) is 23.0. The molecule has 0 spiro atoms. The molecule has 0 heterocycles. The third-order valence-corrected chi connectivity index (χ3v) is 6.60. The van der Waals surface area contributed by atoms with Crippen LogP contribution in [0.3, 0.4) is 0 Å². The lowest BCUT2D eigenvalue weighted by atomic mass is 10.1. The largest absolute Gasteiger partial charge is 0.493 e. The van der Waals surface area contributed by atoms with E-state index in [2.05, 4.69) is 5.32 Å². The number of benzene rings is 2. The van der Waals surface area contributed by atoms with E-state index in [1.807, 2.05) is 13.0 Å². The lowest BCUT2D eigenvalue weighted by molar-refractivity contribution is -0.121. The number of nitrogens with zero attached hydrogens (tertiary/aromatic N) is 1. The summed E-state index contributed by atoms with van der Waals surface area (Å²) in [5.41, 5.74) is 0.805. The summed E-state index contributed by atoms with van der Waals surface area (Å²) in [6, 6.07) is 10.8. The van der Waals surface area contributed by atoms with Gasteiger partial charge in [-0.1, -0.05) is 24.6 Å². The molecule has 2 aromatic carbocycles. The van der Waals surface area contributed by atoms with E-state index in [0.29, 0.717) is 16.5 Å². The number of methoxy groups -OCH3 is 2. The van der Waals surface area contributed by atoms with Gasteiger partial charge in [0.1, 0.15) is 0 Å². The Labute approximate surface area is 176 Å². The Kier molecular flexibility index (Phi) is 7.89. The van der Waals surface area contributed by atoms with Crippen LogP contribution in [0, 0.1) is 0 Å². The molecule has 0 unspecified atom stereocenters. The third kappa shape index (κ3) is 5.62. The van der Waals surface area contributed by atoms with E-state index in [1.165, 1.54) is 31.4 Å². The fraction of sp³-hybridized carbons (Fsp3) is 0.350. The molecule has 1 amide bonds. The molecule has 2 aromatic rings. The van der Waals surface area contributed by atoms with Crippen LogP contribution in [0.15, 0.2) is 47.4 Å². The molecule has 0 saturated carbocycles. The quantitative estimate of drug-likeness (QED) is 0.647. The highest BCUT2D eigenvalue weighted by Crippen LogP contribution is 2.29. The Morgan fingerprint density at radius 2 is 1.72 bits per heavy atom. The number of hydrogen-bond acceptors (Lipinski definition) is 5. The first-order valence-electron chi connectivity index (χ1n) is 9.00. The smallest absolute Gasteiger partial charge is 0.243 e.